The number of amides is 1. The molecule has 0 bridgehead atoms. The topological polar surface area (TPSA) is 50.4 Å². The van der Waals surface area contributed by atoms with E-state index in [1.165, 1.54) is 18.1 Å². The number of para-hydroxylation sites is 1. The molecule has 1 aliphatic rings. The fraction of sp³-hybridized carbons (Fsp3) is 0.533. The molecular formula is C15H22N2O2. The number of carbonyl (C=O) groups is 1. The molecule has 2 rings (SSSR count). The Kier molecular flexibility index (Phi) is 4.10. The van der Waals surface area contributed by atoms with Crippen molar-refractivity contribution in [1.29, 1.82) is 0 Å². The third-order valence-corrected chi connectivity index (χ3v) is 3.16. The van der Waals surface area contributed by atoms with E-state index < -0.39 is 0 Å². The number of ether oxygens (including phenoxy) is 1. The maximum atomic E-state index is 10.7. The molecule has 4 nitrogen and oxygen atoms in total. The zero-order valence-electron chi connectivity index (χ0n) is 11.9. The van der Waals surface area contributed by atoms with Crippen LogP contribution in [0.4, 0.5) is 0 Å². The van der Waals surface area contributed by atoms with Crippen molar-refractivity contribution in [2.75, 3.05) is 13.1 Å². The molecule has 0 radical (unpaired) electrons. The van der Waals surface area contributed by atoms with Crippen LogP contribution in [-0.4, -0.2) is 24.6 Å². The highest BCUT2D eigenvalue weighted by Gasteiger charge is 2.31. The predicted molar refractivity (Wildman–Crippen MR) is 75.2 cm³/mol. The van der Waals surface area contributed by atoms with Gasteiger partial charge >= 0.3 is 0 Å². The van der Waals surface area contributed by atoms with Crippen LogP contribution in [0.15, 0.2) is 18.2 Å². The van der Waals surface area contributed by atoms with Crippen molar-refractivity contribution in [3.05, 3.63) is 29.3 Å². The summed E-state index contributed by atoms with van der Waals surface area (Å²) in [7, 11) is 0. The first-order chi connectivity index (χ1) is 8.98. The normalized spacial score (nSPS) is 15.7. The molecule has 0 aliphatic carbocycles. The van der Waals surface area contributed by atoms with Crippen molar-refractivity contribution < 1.29 is 9.53 Å². The van der Waals surface area contributed by atoms with Crippen molar-refractivity contribution in [3.63, 3.8) is 0 Å². The zero-order valence-corrected chi connectivity index (χ0v) is 11.9. The Hall–Kier alpha value is -1.55. The van der Waals surface area contributed by atoms with Crippen LogP contribution in [0.3, 0.4) is 0 Å². The van der Waals surface area contributed by atoms with E-state index in [1.807, 2.05) is 0 Å². The highest BCUT2D eigenvalue weighted by molar-refractivity contribution is 5.72. The average molecular weight is 262 g/mol. The quantitative estimate of drug-likeness (QED) is 0.793. The minimum Gasteiger partial charge on any atom is -0.487 e. The summed E-state index contributed by atoms with van der Waals surface area (Å²) in [5, 5.41) is 6.08. The van der Waals surface area contributed by atoms with Crippen molar-refractivity contribution in [2.45, 2.75) is 39.3 Å². The summed E-state index contributed by atoms with van der Waals surface area (Å²) in [6, 6.07) is 6.30. The lowest BCUT2D eigenvalue weighted by molar-refractivity contribution is -0.118. The molecule has 1 heterocycles. The summed E-state index contributed by atoms with van der Waals surface area (Å²) in [4.78, 5) is 10.7. The van der Waals surface area contributed by atoms with Gasteiger partial charge in [-0.2, -0.15) is 0 Å². The number of hydrogen-bond donors (Lipinski definition) is 2. The van der Waals surface area contributed by atoms with Gasteiger partial charge in [-0.05, 0) is 19.4 Å². The second-order valence-corrected chi connectivity index (χ2v) is 5.60. The van der Waals surface area contributed by atoms with Crippen LogP contribution in [0, 0.1) is 0 Å². The van der Waals surface area contributed by atoms with E-state index in [0.29, 0.717) is 6.54 Å². The van der Waals surface area contributed by atoms with E-state index in [9.17, 15) is 4.79 Å². The third-order valence-electron chi connectivity index (χ3n) is 3.16. The molecule has 0 saturated heterocycles. The van der Waals surface area contributed by atoms with Crippen molar-refractivity contribution in [1.82, 2.24) is 10.6 Å². The number of rotatable bonds is 5. The molecule has 19 heavy (non-hydrogen) atoms. The Bertz CT molecular complexity index is 469. The summed E-state index contributed by atoms with van der Waals surface area (Å²) >= 11 is 0. The lowest BCUT2D eigenvalue weighted by atomic mass is 10.0. The van der Waals surface area contributed by atoms with E-state index in [0.717, 1.165) is 25.3 Å². The second-order valence-electron chi connectivity index (χ2n) is 5.60. The van der Waals surface area contributed by atoms with Crippen molar-refractivity contribution in [3.8, 4) is 5.75 Å². The van der Waals surface area contributed by atoms with Crippen LogP contribution < -0.4 is 15.4 Å². The number of carbonyl (C=O) groups excluding carboxylic acids is 1. The van der Waals surface area contributed by atoms with Gasteiger partial charge in [0.25, 0.3) is 0 Å². The molecule has 104 valence electrons. The first kappa shape index (κ1) is 13.9. The zero-order chi connectivity index (χ0) is 13.9. The minimum absolute atomic E-state index is 0.00693. The Labute approximate surface area is 114 Å². The first-order valence-corrected chi connectivity index (χ1v) is 6.73. The van der Waals surface area contributed by atoms with Gasteiger partial charge in [0.15, 0.2) is 0 Å². The van der Waals surface area contributed by atoms with E-state index in [4.69, 9.17) is 4.74 Å². The SMILES string of the molecule is CC(=O)NCCNCc1cccc2c1OC(C)(C)C2. The number of hydrogen-bond acceptors (Lipinski definition) is 3. The largest absolute Gasteiger partial charge is 0.487 e. The molecule has 1 aromatic rings. The highest BCUT2D eigenvalue weighted by atomic mass is 16.5. The molecule has 0 aromatic heterocycles. The molecule has 1 aromatic carbocycles. The van der Waals surface area contributed by atoms with Crippen molar-refractivity contribution >= 4 is 5.91 Å². The van der Waals surface area contributed by atoms with E-state index >= 15 is 0 Å². The molecule has 0 fully saturated rings. The number of fused-ring (bicyclic) bond motifs is 1. The molecule has 0 spiro atoms. The average Bonchev–Trinajstić information content (AvgIpc) is 2.63. The fourth-order valence-electron chi connectivity index (χ4n) is 2.37. The Morgan fingerprint density at radius 1 is 1.37 bits per heavy atom. The first-order valence-electron chi connectivity index (χ1n) is 6.73. The second kappa shape index (κ2) is 5.61. The lowest BCUT2D eigenvalue weighted by Gasteiger charge is -2.18. The molecule has 2 N–H and O–H groups in total. The van der Waals surface area contributed by atoms with Gasteiger partial charge in [0.05, 0.1) is 0 Å². The summed E-state index contributed by atoms with van der Waals surface area (Å²) in [6.07, 6.45) is 0.960. The molecule has 4 heteroatoms. The summed E-state index contributed by atoms with van der Waals surface area (Å²) in [5.41, 5.74) is 2.37. The maximum absolute atomic E-state index is 10.7. The van der Waals surface area contributed by atoms with Crippen LogP contribution in [0.5, 0.6) is 5.75 Å². The van der Waals surface area contributed by atoms with Gasteiger partial charge in [-0.25, -0.2) is 0 Å². The van der Waals surface area contributed by atoms with Gasteiger partial charge in [-0.1, -0.05) is 18.2 Å². The van der Waals surface area contributed by atoms with Gasteiger partial charge in [0.2, 0.25) is 5.91 Å². The van der Waals surface area contributed by atoms with Gasteiger partial charge in [-0.15, -0.1) is 0 Å². The lowest BCUT2D eigenvalue weighted by Crippen LogP contribution is -2.30. The molecule has 0 atom stereocenters. The molecule has 0 unspecified atom stereocenters. The van der Waals surface area contributed by atoms with E-state index in [2.05, 4.69) is 42.7 Å². The molecule has 1 aliphatic heterocycles. The van der Waals surface area contributed by atoms with Gasteiger partial charge in [0, 0.05) is 38.5 Å². The Morgan fingerprint density at radius 2 is 2.16 bits per heavy atom. The summed E-state index contributed by atoms with van der Waals surface area (Å²) in [6.45, 7) is 7.92. The number of nitrogens with one attached hydrogen (secondary N) is 2. The number of benzene rings is 1. The molecular weight excluding hydrogens is 240 g/mol. The molecule has 1 amide bonds. The van der Waals surface area contributed by atoms with E-state index in [1.54, 1.807) is 0 Å². The monoisotopic (exact) mass is 262 g/mol. The van der Waals surface area contributed by atoms with Gasteiger partial charge in [-0.3, -0.25) is 4.79 Å². The fourth-order valence-corrected chi connectivity index (χ4v) is 2.37. The van der Waals surface area contributed by atoms with E-state index in [-0.39, 0.29) is 11.5 Å². The summed E-state index contributed by atoms with van der Waals surface area (Å²) < 4.78 is 6.01. The standard InChI is InChI=1S/C15H22N2O2/c1-11(18)17-8-7-16-10-13-6-4-5-12-9-15(2,3)19-14(12)13/h4-6,16H,7-10H2,1-3H3,(H,17,18). The third kappa shape index (κ3) is 3.70. The van der Waals surface area contributed by atoms with Gasteiger partial charge in [0.1, 0.15) is 11.4 Å². The summed E-state index contributed by atoms with van der Waals surface area (Å²) in [5.74, 6) is 1.03. The van der Waals surface area contributed by atoms with Gasteiger partial charge < -0.3 is 15.4 Å². The Morgan fingerprint density at radius 3 is 2.89 bits per heavy atom. The Balaban J connectivity index is 1.89. The van der Waals surface area contributed by atoms with Crippen molar-refractivity contribution in [2.24, 2.45) is 0 Å². The predicted octanol–water partition coefficient (Wildman–Crippen LogP) is 1.63. The van der Waals surface area contributed by atoms with Crippen LogP contribution in [0.1, 0.15) is 31.9 Å². The van der Waals surface area contributed by atoms with Crippen LogP contribution in [-0.2, 0) is 17.8 Å². The van der Waals surface area contributed by atoms with Crippen LogP contribution in [0.25, 0.3) is 0 Å². The van der Waals surface area contributed by atoms with Crippen LogP contribution in [0.2, 0.25) is 0 Å². The maximum Gasteiger partial charge on any atom is 0.216 e. The highest BCUT2D eigenvalue weighted by Crippen LogP contribution is 2.37. The molecule has 0 saturated carbocycles. The van der Waals surface area contributed by atoms with Crippen LogP contribution >= 0.6 is 0 Å². The minimum atomic E-state index is -0.103. The smallest absolute Gasteiger partial charge is 0.216 e.